The second-order valence-electron chi connectivity index (χ2n) is 6.87. The Kier molecular flexibility index (Phi) is 6.41. The number of hydrogen-bond donors (Lipinski definition) is 2. The Balaban J connectivity index is 1.88. The molecule has 0 bridgehead atoms. The Morgan fingerprint density at radius 2 is 1.58 bits per heavy atom. The van der Waals surface area contributed by atoms with Crippen molar-refractivity contribution in [2.24, 2.45) is 0 Å². The van der Waals surface area contributed by atoms with Crippen molar-refractivity contribution < 1.29 is 22.7 Å². The third-order valence-corrected chi connectivity index (χ3v) is 6.16. The Bertz CT molecular complexity index is 1240. The van der Waals surface area contributed by atoms with Crippen LogP contribution in [0.5, 0.6) is 0 Å². The highest BCUT2D eigenvalue weighted by molar-refractivity contribution is 7.92. The van der Waals surface area contributed by atoms with E-state index in [2.05, 4.69) is 10.0 Å². The molecule has 0 heterocycles. The molecule has 3 rings (SSSR count). The van der Waals surface area contributed by atoms with Crippen molar-refractivity contribution in [2.75, 3.05) is 17.1 Å². The molecule has 2 N–H and O–H groups in total. The number of aryl methyl sites for hydroxylation is 1. The van der Waals surface area contributed by atoms with Crippen LogP contribution in [0, 0.1) is 13.8 Å². The zero-order chi connectivity index (χ0) is 22.6. The Hall–Kier alpha value is -3.65. The van der Waals surface area contributed by atoms with E-state index in [1.54, 1.807) is 62.4 Å². The lowest BCUT2D eigenvalue weighted by molar-refractivity contribution is 0.0600. The lowest BCUT2D eigenvalue weighted by Crippen LogP contribution is -2.18. The zero-order valence-corrected chi connectivity index (χ0v) is 18.1. The van der Waals surface area contributed by atoms with Crippen molar-refractivity contribution in [1.29, 1.82) is 0 Å². The summed E-state index contributed by atoms with van der Waals surface area (Å²) in [4.78, 5) is 24.8. The summed E-state index contributed by atoms with van der Waals surface area (Å²) in [7, 11) is -2.51. The number of rotatable bonds is 6. The van der Waals surface area contributed by atoms with Crippen molar-refractivity contribution >= 4 is 33.3 Å². The number of hydrogen-bond acceptors (Lipinski definition) is 5. The molecule has 0 aliphatic rings. The van der Waals surface area contributed by atoms with E-state index in [4.69, 9.17) is 4.74 Å². The van der Waals surface area contributed by atoms with Crippen LogP contribution in [0.4, 0.5) is 11.4 Å². The fraction of sp³-hybridized carbons (Fsp3) is 0.130. The van der Waals surface area contributed by atoms with Crippen molar-refractivity contribution in [3.8, 4) is 0 Å². The Labute approximate surface area is 181 Å². The second kappa shape index (κ2) is 9.01. The molecule has 0 unspecified atom stereocenters. The van der Waals surface area contributed by atoms with Gasteiger partial charge in [0.25, 0.3) is 15.9 Å². The number of anilines is 2. The van der Waals surface area contributed by atoms with Crippen LogP contribution in [-0.2, 0) is 14.8 Å². The molecule has 0 aliphatic carbocycles. The molecular formula is C23H22N2O5S. The van der Waals surface area contributed by atoms with Crippen molar-refractivity contribution in [2.45, 2.75) is 18.7 Å². The van der Waals surface area contributed by atoms with Crippen molar-refractivity contribution in [3.05, 3.63) is 89.0 Å². The van der Waals surface area contributed by atoms with E-state index in [0.717, 1.165) is 5.56 Å². The van der Waals surface area contributed by atoms with Gasteiger partial charge in [-0.25, -0.2) is 13.2 Å². The second-order valence-corrected chi connectivity index (χ2v) is 8.55. The SMILES string of the molecule is COC(=O)c1ccc(C)c(NC(=O)c2cccc(NS(=O)(=O)c3ccccc3)c2C)c1. The predicted octanol–water partition coefficient (Wildman–Crippen LogP) is 4.14. The van der Waals surface area contributed by atoms with Crippen LogP contribution in [0.1, 0.15) is 31.8 Å². The third kappa shape index (κ3) is 4.92. The molecule has 0 radical (unpaired) electrons. The standard InChI is InChI=1S/C23H22N2O5S/c1-15-12-13-17(23(27)30-3)14-21(15)24-22(26)19-10-7-11-20(16(19)2)25-31(28,29)18-8-5-4-6-9-18/h4-14,25H,1-3H3,(H,24,26). The molecule has 31 heavy (non-hydrogen) atoms. The Morgan fingerprint density at radius 1 is 0.871 bits per heavy atom. The summed E-state index contributed by atoms with van der Waals surface area (Å²) in [6.07, 6.45) is 0. The maximum atomic E-state index is 12.9. The van der Waals surface area contributed by atoms with Crippen LogP contribution in [0.3, 0.4) is 0 Å². The van der Waals surface area contributed by atoms with Gasteiger partial charge in [0.1, 0.15) is 0 Å². The monoisotopic (exact) mass is 438 g/mol. The van der Waals surface area contributed by atoms with Gasteiger partial charge in [0.2, 0.25) is 0 Å². The van der Waals surface area contributed by atoms with E-state index in [1.165, 1.54) is 25.3 Å². The van der Waals surface area contributed by atoms with Crippen molar-refractivity contribution in [3.63, 3.8) is 0 Å². The molecule has 0 fully saturated rings. The van der Waals surface area contributed by atoms with Crippen LogP contribution in [0.15, 0.2) is 71.6 Å². The minimum Gasteiger partial charge on any atom is -0.465 e. The molecule has 0 aromatic heterocycles. The van der Waals surface area contributed by atoms with Gasteiger partial charge < -0.3 is 10.1 Å². The molecule has 0 saturated heterocycles. The van der Waals surface area contributed by atoms with Gasteiger partial charge in [-0.3, -0.25) is 9.52 Å². The number of sulfonamides is 1. The number of benzene rings is 3. The Morgan fingerprint density at radius 3 is 2.26 bits per heavy atom. The van der Waals surface area contributed by atoms with Crippen LogP contribution in [-0.4, -0.2) is 27.4 Å². The molecular weight excluding hydrogens is 416 g/mol. The molecule has 1 amide bonds. The summed E-state index contributed by atoms with van der Waals surface area (Å²) in [5, 5.41) is 2.78. The molecule has 0 saturated carbocycles. The third-order valence-electron chi connectivity index (χ3n) is 4.78. The number of amides is 1. The number of ether oxygens (including phenoxy) is 1. The van der Waals surface area contributed by atoms with Crippen LogP contribution in [0.2, 0.25) is 0 Å². The lowest BCUT2D eigenvalue weighted by atomic mass is 10.1. The molecule has 3 aromatic rings. The zero-order valence-electron chi connectivity index (χ0n) is 17.3. The lowest BCUT2D eigenvalue weighted by Gasteiger charge is -2.15. The topological polar surface area (TPSA) is 102 Å². The minimum absolute atomic E-state index is 0.125. The highest BCUT2D eigenvalue weighted by Gasteiger charge is 2.18. The molecule has 3 aromatic carbocycles. The van der Waals surface area contributed by atoms with Gasteiger partial charge in [-0.1, -0.05) is 30.3 Å². The number of esters is 1. The summed E-state index contributed by atoms with van der Waals surface area (Å²) in [6, 6.07) is 17.6. The van der Waals surface area contributed by atoms with E-state index in [9.17, 15) is 18.0 Å². The highest BCUT2D eigenvalue weighted by atomic mass is 32.2. The quantitative estimate of drug-likeness (QED) is 0.563. The van der Waals surface area contributed by atoms with Gasteiger partial charge in [-0.15, -0.1) is 0 Å². The molecule has 0 atom stereocenters. The fourth-order valence-corrected chi connectivity index (χ4v) is 4.13. The summed E-state index contributed by atoms with van der Waals surface area (Å²) >= 11 is 0. The first-order valence-corrected chi connectivity index (χ1v) is 10.9. The summed E-state index contributed by atoms with van der Waals surface area (Å²) < 4.78 is 32.5. The average molecular weight is 439 g/mol. The first kappa shape index (κ1) is 22.0. The molecule has 7 nitrogen and oxygen atoms in total. The van der Waals surface area contributed by atoms with Crippen LogP contribution >= 0.6 is 0 Å². The summed E-state index contributed by atoms with van der Waals surface area (Å²) in [6.45, 7) is 3.46. The van der Waals surface area contributed by atoms with E-state index in [-0.39, 0.29) is 4.90 Å². The number of nitrogens with one attached hydrogen (secondary N) is 2. The van der Waals surface area contributed by atoms with E-state index in [1.807, 2.05) is 0 Å². The van der Waals surface area contributed by atoms with Gasteiger partial charge in [0, 0.05) is 11.3 Å². The smallest absolute Gasteiger partial charge is 0.337 e. The number of carbonyl (C=O) groups excluding carboxylic acids is 2. The largest absolute Gasteiger partial charge is 0.465 e. The van der Waals surface area contributed by atoms with Gasteiger partial charge in [-0.2, -0.15) is 0 Å². The van der Waals surface area contributed by atoms with E-state index in [0.29, 0.717) is 28.1 Å². The van der Waals surface area contributed by atoms with Crippen LogP contribution in [0.25, 0.3) is 0 Å². The van der Waals surface area contributed by atoms with Gasteiger partial charge >= 0.3 is 5.97 Å². The normalized spacial score (nSPS) is 10.9. The maximum absolute atomic E-state index is 12.9. The minimum atomic E-state index is -3.80. The molecule has 0 spiro atoms. The van der Waals surface area contributed by atoms with E-state index >= 15 is 0 Å². The van der Waals surface area contributed by atoms with Gasteiger partial charge in [0.05, 0.1) is 23.3 Å². The van der Waals surface area contributed by atoms with Crippen LogP contribution < -0.4 is 10.0 Å². The van der Waals surface area contributed by atoms with E-state index < -0.39 is 21.9 Å². The molecule has 8 heteroatoms. The first-order chi connectivity index (χ1) is 14.7. The maximum Gasteiger partial charge on any atom is 0.337 e. The number of methoxy groups -OCH3 is 1. The van der Waals surface area contributed by atoms with Gasteiger partial charge in [-0.05, 0) is 61.4 Å². The van der Waals surface area contributed by atoms with Gasteiger partial charge in [0.15, 0.2) is 0 Å². The highest BCUT2D eigenvalue weighted by Crippen LogP contribution is 2.24. The predicted molar refractivity (Wildman–Crippen MR) is 119 cm³/mol. The molecule has 0 aliphatic heterocycles. The average Bonchev–Trinajstić information content (AvgIpc) is 2.76. The first-order valence-electron chi connectivity index (χ1n) is 9.40. The summed E-state index contributed by atoms with van der Waals surface area (Å²) in [5.41, 5.74) is 2.61. The summed E-state index contributed by atoms with van der Waals surface area (Å²) in [5.74, 6) is -0.938. The molecule has 160 valence electrons. The van der Waals surface area contributed by atoms with Crippen molar-refractivity contribution in [1.82, 2.24) is 0 Å². The number of carbonyl (C=O) groups is 2. The fourth-order valence-electron chi connectivity index (χ4n) is 2.99.